The molecule has 6 nitrogen and oxygen atoms in total. The van der Waals surface area contributed by atoms with Crippen LogP contribution in [0.2, 0.25) is 0 Å². The van der Waals surface area contributed by atoms with E-state index in [0.717, 1.165) is 31.8 Å². The molecule has 1 aliphatic heterocycles. The summed E-state index contributed by atoms with van der Waals surface area (Å²) in [7, 11) is -3.09. The smallest absolute Gasteiger partial charge is 0.211 e. The Morgan fingerprint density at radius 3 is 2.55 bits per heavy atom. The summed E-state index contributed by atoms with van der Waals surface area (Å²) in [4.78, 5) is 2.22. The van der Waals surface area contributed by atoms with Crippen molar-refractivity contribution in [1.82, 2.24) is 9.21 Å². The first-order chi connectivity index (χ1) is 10.5. The molecule has 120 valence electrons. The summed E-state index contributed by atoms with van der Waals surface area (Å²) in [6.07, 6.45) is 2.10. The fraction of sp³-hybridized carbons (Fsp3) is 0.533. The Morgan fingerprint density at radius 2 is 1.91 bits per heavy atom. The van der Waals surface area contributed by atoms with Crippen LogP contribution in [0.25, 0.3) is 0 Å². The summed E-state index contributed by atoms with van der Waals surface area (Å²) in [5.41, 5.74) is 0.612. The van der Waals surface area contributed by atoms with Gasteiger partial charge in [-0.2, -0.15) is 5.26 Å². The third-order valence-electron chi connectivity index (χ3n) is 3.68. The number of hydrogen-bond donors (Lipinski definition) is 0. The van der Waals surface area contributed by atoms with E-state index in [2.05, 4.69) is 11.0 Å². The molecular formula is C15H21N3O3S. The maximum absolute atomic E-state index is 11.6. The fourth-order valence-electron chi connectivity index (χ4n) is 2.42. The van der Waals surface area contributed by atoms with Gasteiger partial charge in [-0.15, -0.1) is 0 Å². The molecule has 22 heavy (non-hydrogen) atoms. The second-order valence-electron chi connectivity index (χ2n) is 5.34. The van der Waals surface area contributed by atoms with Crippen molar-refractivity contribution in [2.45, 2.75) is 6.42 Å². The van der Waals surface area contributed by atoms with Crippen molar-refractivity contribution in [3.05, 3.63) is 29.8 Å². The molecule has 0 atom stereocenters. The number of nitrogens with zero attached hydrogens (tertiary/aromatic N) is 3. The number of ether oxygens (including phenoxy) is 1. The Hall–Kier alpha value is -1.62. The number of rotatable bonds is 5. The Kier molecular flexibility index (Phi) is 5.77. The normalized spacial score (nSPS) is 17.6. The lowest BCUT2D eigenvalue weighted by molar-refractivity contribution is 0.215. The van der Waals surface area contributed by atoms with E-state index >= 15 is 0 Å². The monoisotopic (exact) mass is 323 g/mol. The van der Waals surface area contributed by atoms with Gasteiger partial charge >= 0.3 is 0 Å². The first kappa shape index (κ1) is 16.7. The lowest BCUT2D eigenvalue weighted by Gasteiger charge is -2.20. The van der Waals surface area contributed by atoms with Gasteiger partial charge in [0.1, 0.15) is 12.4 Å². The van der Waals surface area contributed by atoms with Gasteiger partial charge in [-0.05, 0) is 37.2 Å². The number of sulfonamides is 1. The highest BCUT2D eigenvalue weighted by Crippen LogP contribution is 2.12. The molecule has 1 fully saturated rings. The molecular weight excluding hydrogens is 302 g/mol. The van der Waals surface area contributed by atoms with Crippen LogP contribution in [-0.4, -0.2) is 63.2 Å². The van der Waals surface area contributed by atoms with Gasteiger partial charge in [0.05, 0.1) is 17.9 Å². The van der Waals surface area contributed by atoms with Gasteiger partial charge in [-0.3, -0.25) is 4.90 Å². The van der Waals surface area contributed by atoms with Crippen molar-refractivity contribution >= 4 is 10.0 Å². The van der Waals surface area contributed by atoms with Gasteiger partial charge in [0.15, 0.2) is 0 Å². The predicted molar refractivity (Wildman–Crippen MR) is 84.1 cm³/mol. The largest absolute Gasteiger partial charge is 0.492 e. The van der Waals surface area contributed by atoms with Crippen molar-refractivity contribution in [3.8, 4) is 11.8 Å². The molecule has 0 spiro atoms. The Bertz CT molecular complexity index is 622. The lowest BCUT2D eigenvalue weighted by Crippen LogP contribution is -2.35. The molecule has 1 saturated heterocycles. The van der Waals surface area contributed by atoms with E-state index in [1.807, 2.05) is 0 Å². The first-order valence-corrected chi connectivity index (χ1v) is 9.14. The Labute approximate surface area is 131 Å². The van der Waals surface area contributed by atoms with Crippen LogP contribution in [0, 0.1) is 11.3 Å². The zero-order chi connectivity index (χ0) is 16.0. The highest BCUT2D eigenvalue weighted by Gasteiger charge is 2.20. The van der Waals surface area contributed by atoms with Gasteiger partial charge in [-0.1, -0.05) is 0 Å². The number of benzene rings is 1. The van der Waals surface area contributed by atoms with Gasteiger partial charge in [-0.25, -0.2) is 12.7 Å². The van der Waals surface area contributed by atoms with E-state index < -0.39 is 10.0 Å². The van der Waals surface area contributed by atoms with Crippen molar-refractivity contribution in [2.24, 2.45) is 0 Å². The lowest BCUT2D eigenvalue weighted by atomic mass is 10.2. The molecule has 1 aliphatic rings. The fourth-order valence-corrected chi connectivity index (χ4v) is 3.29. The summed E-state index contributed by atoms with van der Waals surface area (Å²) in [5.74, 6) is 0.742. The average Bonchev–Trinajstić information content (AvgIpc) is 2.73. The highest BCUT2D eigenvalue weighted by atomic mass is 32.2. The molecule has 1 heterocycles. The van der Waals surface area contributed by atoms with E-state index in [-0.39, 0.29) is 0 Å². The molecule has 0 radical (unpaired) electrons. The van der Waals surface area contributed by atoms with Crippen LogP contribution in [0.5, 0.6) is 5.75 Å². The van der Waals surface area contributed by atoms with Gasteiger partial charge in [0.25, 0.3) is 0 Å². The molecule has 0 aromatic heterocycles. The summed E-state index contributed by atoms with van der Waals surface area (Å²) < 4.78 is 30.3. The second-order valence-corrected chi connectivity index (χ2v) is 7.32. The second kappa shape index (κ2) is 7.58. The van der Waals surface area contributed by atoms with Crippen molar-refractivity contribution < 1.29 is 13.2 Å². The molecule has 1 aromatic carbocycles. The van der Waals surface area contributed by atoms with Gasteiger partial charge in [0, 0.05) is 26.2 Å². The molecule has 7 heteroatoms. The van der Waals surface area contributed by atoms with E-state index in [4.69, 9.17) is 10.00 Å². The highest BCUT2D eigenvalue weighted by molar-refractivity contribution is 7.88. The minimum Gasteiger partial charge on any atom is -0.492 e. The SMILES string of the molecule is CS(=O)(=O)N1CCCN(CCOc2ccc(C#N)cc2)CC1. The van der Waals surface area contributed by atoms with Crippen LogP contribution in [0.4, 0.5) is 0 Å². The minimum absolute atomic E-state index is 0.537. The third kappa shape index (κ3) is 4.98. The predicted octanol–water partition coefficient (Wildman–Crippen LogP) is 0.904. The molecule has 0 unspecified atom stereocenters. The van der Waals surface area contributed by atoms with E-state index in [1.54, 1.807) is 24.3 Å². The van der Waals surface area contributed by atoms with Crippen LogP contribution in [0.15, 0.2) is 24.3 Å². The zero-order valence-electron chi connectivity index (χ0n) is 12.7. The van der Waals surface area contributed by atoms with Gasteiger partial charge in [0.2, 0.25) is 10.0 Å². The zero-order valence-corrected chi connectivity index (χ0v) is 13.6. The van der Waals surface area contributed by atoms with Gasteiger partial charge < -0.3 is 4.74 Å². The number of hydrogen-bond acceptors (Lipinski definition) is 5. The van der Waals surface area contributed by atoms with Crippen LogP contribution >= 0.6 is 0 Å². The van der Waals surface area contributed by atoms with E-state index in [1.165, 1.54) is 10.6 Å². The average molecular weight is 323 g/mol. The topological polar surface area (TPSA) is 73.6 Å². The third-order valence-corrected chi connectivity index (χ3v) is 4.98. The van der Waals surface area contributed by atoms with Crippen molar-refractivity contribution in [1.29, 1.82) is 5.26 Å². The minimum atomic E-state index is -3.09. The molecule has 0 bridgehead atoms. The Balaban J connectivity index is 1.76. The quantitative estimate of drug-likeness (QED) is 0.805. The van der Waals surface area contributed by atoms with E-state index in [9.17, 15) is 8.42 Å². The summed E-state index contributed by atoms with van der Waals surface area (Å²) >= 11 is 0. The molecule has 2 rings (SSSR count). The van der Waals surface area contributed by atoms with Crippen LogP contribution < -0.4 is 4.74 Å². The maximum Gasteiger partial charge on any atom is 0.211 e. The molecule has 0 N–H and O–H groups in total. The summed E-state index contributed by atoms with van der Waals surface area (Å²) in [6, 6.07) is 9.09. The number of nitriles is 1. The first-order valence-electron chi connectivity index (χ1n) is 7.29. The molecule has 1 aromatic rings. The van der Waals surface area contributed by atoms with Crippen LogP contribution in [-0.2, 0) is 10.0 Å². The van der Waals surface area contributed by atoms with Crippen LogP contribution in [0.3, 0.4) is 0 Å². The molecule has 0 aliphatic carbocycles. The van der Waals surface area contributed by atoms with E-state index in [0.29, 0.717) is 25.3 Å². The summed E-state index contributed by atoms with van der Waals surface area (Å²) in [6.45, 7) is 4.04. The van der Waals surface area contributed by atoms with Crippen LogP contribution in [0.1, 0.15) is 12.0 Å². The van der Waals surface area contributed by atoms with Crippen molar-refractivity contribution in [2.75, 3.05) is 45.6 Å². The molecule has 0 saturated carbocycles. The Morgan fingerprint density at radius 1 is 1.18 bits per heavy atom. The standard InChI is InChI=1S/C15H21N3O3S/c1-22(19,20)18-8-2-7-17(9-10-18)11-12-21-15-5-3-14(13-16)4-6-15/h3-6H,2,7-12H2,1H3. The molecule has 0 amide bonds. The summed E-state index contributed by atoms with van der Waals surface area (Å²) in [5, 5.41) is 8.74. The maximum atomic E-state index is 11.6. The van der Waals surface area contributed by atoms with Crippen molar-refractivity contribution in [3.63, 3.8) is 0 Å².